The molecular weight excluding hydrogens is 364 g/mol. The van der Waals surface area contributed by atoms with E-state index in [1.807, 2.05) is 12.1 Å². The van der Waals surface area contributed by atoms with Crippen molar-refractivity contribution < 1.29 is 4.74 Å². The van der Waals surface area contributed by atoms with Crippen molar-refractivity contribution in [1.82, 2.24) is 10.3 Å². The number of rotatable bonds is 4. The van der Waals surface area contributed by atoms with Gasteiger partial charge >= 0.3 is 0 Å². The molecule has 0 bridgehead atoms. The van der Waals surface area contributed by atoms with Crippen molar-refractivity contribution in [2.45, 2.75) is 31.8 Å². The van der Waals surface area contributed by atoms with Gasteiger partial charge in [0.2, 0.25) is 0 Å². The molecule has 3 aromatic rings. The van der Waals surface area contributed by atoms with E-state index < -0.39 is 0 Å². The van der Waals surface area contributed by atoms with E-state index in [0.717, 1.165) is 23.2 Å². The third kappa shape index (κ3) is 2.96. The first-order chi connectivity index (χ1) is 11.7. The van der Waals surface area contributed by atoms with E-state index >= 15 is 0 Å². The molecule has 4 rings (SSSR count). The van der Waals surface area contributed by atoms with Crippen LogP contribution in [0.4, 0.5) is 0 Å². The molecule has 1 aliphatic rings. The van der Waals surface area contributed by atoms with Gasteiger partial charge in [0, 0.05) is 33.7 Å². The van der Waals surface area contributed by atoms with Crippen LogP contribution in [0.2, 0.25) is 0 Å². The fourth-order valence-electron chi connectivity index (χ4n) is 3.66. The van der Waals surface area contributed by atoms with Crippen LogP contribution in [-0.2, 0) is 13.0 Å². The Hall–Kier alpha value is -1.78. The molecule has 1 aromatic heterocycles. The molecule has 0 aliphatic heterocycles. The highest BCUT2D eigenvalue weighted by molar-refractivity contribution is 9.10. The maximum atomic E-state index is 5.32. The van der Waals surface area contributed by atoms with E-state index in [-0.39, 0.29) is 0 Å². The summed E-state index contributed by atoms with van der Waals surface area (Å²) >= 11 is 3.59. The van der Waals surface area contributed by atoms with E-state index in [9.17, 15) is 0 Å². The molecule has 0 amide bonds. The monoisotopic (exact) mass is 384 g/mol. The molecule has 0 saturated heterocycles. The Morgan fingerprint density at radius 1 is 1.25 bits per heavy atom. The van der Waals surface area contributed by atoms with Gasteiger partial charge in [-0.15, -0.1) is 0 Å². The number of hydrogen-bond acceptors (Lipinski definition) is 2. The van der Waals surface area contributed by atoms with Crippen LogP contribution in [0.5, 0.6) is 5.75 Å². The highest BCUT2D eigenvalue weighted by Crippen LogP contribution is 2.36. The first kappa shape index (κ1) is 15.7. The summed E-state index contributed by atoms with van der Waals surface area (Å²) in [6.07, 6.45) is 3.55. The average molecular weight is 385 g/mol. The number of hydrogen-bond donors (Lipinski definition) is 2. The number of H-pyrrole nitrogens is 1. The Kier molecular flexibility index (Phi) is 4.33. The van der Waals surface area contributed by atoms with Crippen LogP contribution in [0.3, 0.4) is 0 Å². The van der Waals surface area contributed by atoms with Crippen molar-refractivity contribution in [3.05, 3.63) is 63.8 Å². The molecule has 2 N–H and O–H groups in total. The zero-order valence-electron chi connectivity index (χ0n) is 13.7. The zero-order valence-corrected chi connectivity index (χ0v) is 15.3. The number of fused-ring (bicyclic) bond motifs is 3. The molecule has 0 radical (unpaired) electrons. The Balaban J connectivity index is 1.58. The van der Waals surface area contributed by atoms with Crippen LogP contribution < -0.4 is 10.1 Å². The molecule has 1 atom stereocenters. The smallest absolute Gasteiger partial charge is 0.119 e. The molecule has 0 fully saturated rings. The summed E-state index contributed by atoms with van der Waals surface area (Å²) in [7, 11) is 1.71. The summed E-state index contributed by atoms with van der Waals surface area (Å²) in [6.45, 7) is 0.848. The van der Waals surface area contributed by atoms with Crippen molar-refractivity contribution in [1.29, 1.82) is 0 Å². The fourth-order valence-corrected chi connectivity index (χ4v) is 4.02. The summed E-state index contributed by atoms with van der Waals surface area (Å²) < 4.78 is 6.46. The van der Waals surface area contributed by atoms with Gasteiger partial charge in [0.25, 0.3) is 0 Å². The minimum Gasteiger partial charge on any atom is -0.497 e. The summed E-state index contributed by atoms with van der Waals surface area (Å²) in [4.78, 5) is 3.64. The van der Waals surface area contributed by atoms with E-state index in [4.69, 9.17) is 4.74 Å². The second kappa shape index (κ2) is 6.61. The van der Waals surface area contributed by atoms with Gasteiger partial charge in [-0.1, -0.05) is 28.1 Å². The third-order valence-electron chi connectivity index (χ3n) is 4.86. The summed E-state index contributed by atoms with van der Waals surface area (Å²) in [5.41, 5.74) is 5.32. The third-order valence-corrected chi connectivity index (χ3v) is 5.35. The Labute approximate surface area is 150 Å². The minimum atomic E-state index is 0.381. The maximum Gasteiger partial charge on any atom is 0.119 e. The van der Waals surface area contributed by atoms with Crippen LogP contribution in [-0.4, -0.2) is 12.1 Å². The average Bonchev–Trinajstić information content (AvgIpc) is 2.98. The Bertz CT molecular complexity index is 871. The van der Waals surface area contributed by atoms with Gasteiger partial charge in [-0.2, -0.15) is 0 Å². The molecule has 0 unspecified atom stereocenters. The van der Waals surface area contributed by atoms with Gasteiger partial charge in [0.05, 0.1) is 7.11 Å². The first-order valence-electron chi connectivity index (χ1n) is 8.41. The van der Waals surface area contributed by atoms with Crippen LogP contribution in [0.1, 0.15) is 35.7 Å². The largest absolute Gasteiger partial charge is 0.497 e. The number of aromatic amines is 1. The van der Waals surface area contributed by atoms with Gasteiger partial charge in [-0.3, -0.25) is 0 Å². The molecule has 3 nitrogen and oxygen atoms in total. The van der Waals surface area contributed by atoms with Gasteiger partial charge in [0.15, 0.2) is 0 Å². The minimum absolute atomic E-state index is 0.381. The van der Waals surface area contributed by atoms with Crippen molar-refractivity contribution in [2.24, 2.45) is 0 Å². The van der Waals surface area contributed by atoms with E-state index in [1.54, 1.807) is 7.11 Å². The lowest BCUT2D eigenvalue weighted by molar-refractivity contribution is 0.413. The van der Waals surface area contributed by atoms with Gasteiger partial charge in [0.1, 0.15) is 5.75 Å². The molecule has 2 aromatic carbocycles. The van der Waals surface area contributed by atoms with Crippen LogP contribution in [0, 0.1) is 0 Å². The van der Waals surface area contributed by atoms with Crippen molar-refractivity contribution in [3.63, 3.8) is 0 Å². The quantitative estimate of drug-likeness (QED) is 0.655. The highest BCUT2D eigenvalue weighted by atomic mass is 79.9. The predicted molar refractivity (Wildman–Crippen MR) is 102 cm³/mol. The molecule has 24 heavy (non-hydrogen) atoms. The van der Waals surface area contributed by atoms with E-state index in [2.05, 4.69) is 56.6 Å². The highest BCUT2D eigenvalue weighted by Gasteiger charge is 2.23. The normalized spacial score (nSPS) is 17.0. The number of methoxy groups -OCH3 is 1. The van der Waals surface area contributed by atoms with E-state index in [1.165, 1.54) is 40.6 Å². The maximum absolute atomic E-state index is 5.32. The number of ether oxygens (including phenoxy) is 1. The molecule has 0 saturated carbocycles. The molecule has 124 valence electrons. The molecule has 0 spiro atoms. The summed E-state index contributed by atoms with van der Waals surface area (Å²) in [5, 5.41) is 5.08. The van der Waals surface area contributed by atoms with Gasteiger partial charge < -0.3 is 15.0 Å². The standard InChI is InChI=1S/C20H21BrN2O/c1-24-15-5-2-4-13(10-15)12-22-19-7-3-6-16-17-11-14(21)8-9-18(17)23-20(16)19/h2,4-5,8-11,19,22-23H,3,6-7,12H2,1H3/t19-/m1/s1. The predicted octanol–water partition coefficient (Wildman–Crippen LogP) is 5.11. The summed E-state index contributed by atoms with van der Waals surface area (Å²) in [5.74, 6) is 0.911. The van der Waals surface area contributed by atoms with Gasteiger partial charge in [-0.25, -0.2) is 0 Å². The van der Waals surface area contributed by atoms with Crippen molar-refractivity contribution in [3.8, 4) is 5.75 Å². The van der Waals surface area contributed by atoms with E-state index in [0.29, 0.717) is 6.04 Å². The number of nitrogens with one attached hydrogen (secondary N) is 2. The van der Waals surface area contributed by atoms with Crippen LogP contribution >= 0.6 is 15.9 Å². The van der Waals surface area contributed by atoms with Crippen molar-refractivity contribution >= 4 is 26.8 Å². The SMILES string of the molecule is COc1cccc(CN[C@@H]2CCCc3c2[nH]c2ccc(Br)cc32)c1. The second-order valence-corrected chi connectivity index (χ2v) is 7.30. The lowest BCUT2D eigenvalue weighted by Crippen LogP contribution is -2.24. The lowest BCUT2D eigenvalue weighted by atomic mass is 9.91. The van der Waals surface area contributed by atoms with Gasteiger partial charge in [-0.05, 0) is 60.7 Å². The molecule has 1 heterocycles. The lowest BCUT2D eigenvalue weighted by Gasteiger charge is -2.24. The first-order valence-corrected chi connectivity index (χ1v) is 9.20. The zero-order chi connectivity index (χ0) is 16.5. The topological polar surface area (TPSA) is 37.0 Å². The van der Waals surface area contributed by atoms with Crippen molar-refractivity contribution in [2.75, 3.05) is 7.11 Å². The summed E-state index contributed by atoms with van der Waals surface area (Å²) in [6, 6.07) is 15.1. The number of aromatic nitrogens is 1. The number of benzene rings is 2. The number of halogens is 1. The Morgan fingerprint density at radius 2 is 2.17 bits per heavy atom. The Morgan fingerprint density at radius 3 is 3.04 bits per heavy atom. The molecule has 4 heteroatoms. The molecule has 1 aliphatic carbocycles. The second-order valence-electron chi connectivity index (χ2n) is 6.38. The molecular formula is C20H21BrN2O. The van der Waals surface area contributed by atoms with Crippen LogP contribution in [0.15, 0.2) is 46.9 Å². The number of aryl methyl sites for hydroxylation is 1. The fraction of sp³-hybridized carbons (Fsp3) is 0.300. The van der Waals surface area contributed by atoms with Crippen LogP contribution in [0.25, 0.3) is 10.9 Å².